The monoisotopic (exact) mass is 330 g/mol. The highest BCUT2D eigenvalue weighted by atomic mass is 32.2. The van der Waals surface area contributed by atoms with Crippen LogP contribution in [0.3, 0.4) is 0 Å². The first kappa shape index (κ1) is 16.6. The lowest BCUT2D eigenvalue weighted by molar-refractivity contribution is 0.125. The van der Waals surface area contributed by atoms with Crippen LogP contribution in [-0.2, 0) is 13.1 Å². The molecule has 3 rings (SSSR count). The number of aryl methyl sites for hydroxylation is 1. The van der Waals surface area contributed by atoms with Gasteiger partial charge in [0, 0.05) is 56.6 Å². The maximum absolute atomic E-state index is 4.09. The van der Waals surface area contributed by atoms with Crippen LogP contribution in [0, 0.1) is 0 Å². The predicted molar refractivity (Wildman–Crippen MR) is 96.8 cm³/mol. The van der Waals surface area contributed by atoms with Gasteiger partial charge in [-0.05, 0) is 36.9 Å². The zero-order chi connectivity index (χ0) is 15.9. The zero-order valence-electron chi connectivity index (χ0n) is 13.9. The molecule has 0 amide bonds. The van der Waals surface area contributed by atoms with Gasteiger partial charge in [0.1, 0.15) is 0 Å². The minimum absolute atomic E-state index is 1.07. The van der Waals surface area contributed by atoms with Crippen LogP contribution in [-0.4, -0.2) is 58.3 Å². The number of nitrogens with zero attached hydrogens (tertiary/aromatic N) is 4. The SMILES string of the molecule is CSc1ccc(CN2CCN(CCCn3ccnc3)CC2)cc1. The third-order valence-electron chi connectivity index (χ3n) is 4.48. The van der Waals surface area contributed by atoms with E-state index in [0.29, 0.717) is 0 Å². The van der Waals surface area contributed by atoms with Crippen molar-refractivity contribution in [3.63, 3.8) is 0 Å². The molecule has 0 N–H and O–H groups in total. The summed E-state index contributed by atoms with van der Waals surface area (Å²) in [7, 11) is 0. The second-order valence-corrected chi connectivity index (χ2v) is 7.00. The maximum atomic E-state index is 4.09. The highest BCUT2D eigenvalue weighted by Gasteiger charge is 2.16. The topological polar surface area (TPSA) is 24.3 Å². The Morgan fingerprint density at radius 2 is 1.74 bits per heavy atom. The standard InChI is InChI=1S/C18H26N4S/c1-23-18-5-3-17(4-6-18)15-21-13-11-20(12-14-21)8-2-9-22-10-7-19-16-22/h3-7,10,16H,2,8-9,11-15H2,1H3. The molecule has 1 fully saturated rings. The van der Waals surface area contributed by atoms with Crippen molar-refractivity contribution in [1.82, 2.24) is 19.4 Å². The molecular formula is C18H26N4S. The molecule has 124 valence electrons. The molecule has 4 nitrogen and oxygen atoms in total. The summed E-state index contributed by atoms with van der Waals surface area (Å²) < 4.78 is 2.16. The van der Waals surface area contributed by atoms with Crippen LogP contribution < -0.4 is 0 Å². The first-order valence-corrected chi connectivity index (χ1v) is 9.59. The van der Waals surface area contributed by atoms with Crippen molar-refractivity contribution in [3.05, 3.63) is 48.5 Å². The lowest BCUT2D eigenvalue weighted by Crippen LogP contribution is -2.46. The fraction of sp³-hybridized carbons (Fsp3) is 0.500. The highest BCUT2D eigenvalue weighted by Crippen LogP contribution is 2.16. The molecule has 0 spiro atoms. The van der Waals surface area contributed by atoms with Crippen molar-refractivity contribution in [2.75, 3.05) is 39.0 Å². The summed E-state index contributed by atoms with van der Waals surface area (Å²) in [5, 5.41) is 0. The molecule has 1 aromatic carbocycles. The molecule has 2 aromatic rings. The largest absolute Gasteiger partial charge is 0.337 e. The number of hydrogen-bond acceptors (Lipinski definition) is 4. The quantitative estimate of drug-likeness (QED) is 0.729. The first-order valence-electron chi connectivity index (χ1n) is 8.37. The Bertz CT molecular complexity index is 559. The predicted octanol–water partition coefficient (Wildman–Crippen LogP) is 2.81. The molecule has 1 aliphatic rings. The van der Waals surface area contributed by atoms with E-state index in [9.17, 15) is 0 Å². The molecule has 0 saturated carbocycles. The van der Waals surface area contributed by atoms with Crippen LogP contribution >= 0.6 is 11.8 Å². The normalized spacial score (nSPS) is 16.7. The minimum Gasteiger partial charge on any atom is -0.337 e. The number of benzene rings is 1. The summed E-state index contributed by atoms with van der Waals surface area (Å²) >= 11 is 1.80. The van der Waals surface area contributed by atoms with E-state index in [-0.39, 0.29) is 0 Å². The van der Waals surface area contributed by atoms with Gasteiger partial charge in [0.25, 0.3) is 0 Å². The first-order chi connectivity index (χ1) is 11.3. The number of rotatable bonds is 7. The van der Waals surface area contributed by atoms with Crippen LogP contribution in [0.2, 0.25) is 0 Å². The third kappa shape index (κ3) is 5.09. The summed E-state index contributed by atoms with van der Waals surface area (Å²) in [6, 6.07) is 8.99. The van der Waals surface area contributed by atoms with E-state index in [1.54, 1.807) is 11.8 Å². The highest BCUT2D eigenvalue weighted by molar-refractivity contribution is 7.98. The van der Waals surface area contributed by atoms with Crippen molar-refractivity contribution in [2.24, 2.45) is 0 Å². The van der Waals surface area contributed by atoms with Crippen LogP contribution in [0.5, 0.6) is 0 Å². The van der Waals surface area contributed by atoms with Gasteiger partial charge in [-0.25, -0.2) is 4.98 Å². The number of piperazine rings is 1. The zero-order valence-corrected chi connectivity index (χ0v) is 14.7. The molecule has 0 bridgehead atoms. The van der Waals surface area contributed by atoms with Crippen LogP contribution in [0.15, 0.2) is 47.9 Å². The van der Waals surface area contributed by atoms with E-state index in [0.717, 1.165) is 13.1 Å². The Labute approximate surface area is 143 Å². The fourth-order valence-corrected chi connectivity index (χ4v) is 3.46. The van der Waals surface area contributed by atoms with Crippen molar-refractivity contribution in [1.29, 1.82) is 0 Å². The molecular weight excluding hydrogens is 304 g/mol. The molecule has 1 saturated heterocycles. The van der Waals surface area contributed by atoms with Crippen LogP contribution in [0.25, 0.3) is 0 Å². The molecule has 1 aliphatic heterocycles. The lowest BCUT2D eigenvalue weighted by Gasteiger charge is -2.34. The van der Waals surface area contributed by atoms with Crippen molar-refractivity contribution < 1.29 is 0 Å². The molecule has 0 aliphatic carbocycles. The van der Waals surface area contributed by atoms with E-state index in [4.69, 9.17) is 0 Å². The van der Waals surface area contributed by atoms with Gasteiger partial charge in [-0.2, -0.15) is 0 Å². The van der Waals surface area contributed by atoms with E-state index < -0.39 is 0 Å². The molecule has 5 heteroatoms. The molecule has 0 unspecified atom stereocenters. The Balaban J connectivity index is 1.36. The van der Waals surface area contributed by atoms with E-state index in [1.807, 2.05) is 18.7 Å². The van der Waals surface area contributed by atoms with Gasteiger partial charge in [-0.1, -0.05) is 12.1 Å². The van der Waals surface area contributed by atoms with Gasteiger partial charge in [0.2, 0.25) is 0 Å². The van der Waals surface area contributed by atoms with Crippen molar-refractivity contribution in [3.8, 4) is 0 Å². The van der Waals surface area contributed by atoms with Crippen molar-refractivity contribution in [2.45, 2.75) is 24.4 Å². The number of imidazole rings is 1. The average Bonchev–Trinajstić information content (AvgIpc) is 3.11. The molecule has 23 heavy (non-hydrogen) atoms. The summed E-state index contributed by atoms with van der Waals surface area (Å²) in [6.45, 7) is 8.07. The van der Waals surface area contributed by atoms with E-state index in [2.05, 4.69) is 49.9 Å². The Morgan fingerprint density at radius 1 is 1.00 bits per heavy atom. The Hall–Kier alpha value is -1.30. The summed E-state index contributed by atoms with van der Waals surface area (Å²) in [6.07, 6.45) is 9.12. The maximum Gasteiger partial charge on any atom is 0.0945 e. The minimum atomic E-state index is 1.07. The molecule has 0 radical (unpaired) electrons. The smallest absolute Gasteiger partial charge is 0.0945 e. The van der Waals surface area contributed by atoms with Crippen LogP contribution in [0.1, 0.15) is 12.0 Å². The van der Waals surface area contributed by atoms with Crippen molar-refractivity contribution >= 4 is 11.8 Å². The second-order valence-electron chi connectivity index (χ2n) is 6.12. The number of thioether (sulfide) groups is 1. The number of hydrogen-bond donors (Lipinski definition) is 0. The van der Waals surface area contributed by atoms with Gasteiger partial charge in [0.05, 0.1) is 6.33 Å². The van der Waals surface area contributed by atoms with Crippen LogP contribution in [0.4, 0.5) is 0 Å². The van der Waals surface area contributed by atoms with Gasteiger partial charge < -0.3 is 9.47 Å². The molecule has 1 aromatic heterocycles. The number of aromatic nitrogens is 2. The lowest BCUT2D eigenvalue weighted by atomic mass is 10.2. The van der Waals surface area contributed by atoms with Gasteiger partial charge >= 0.3 is 0 Å². The summed E-state index contributed by atoms with van der Waals surface area (Å²) in [5.41, 5.74) is 1.43. The van der Waals surface area contributed by atoms with E-state index >= 15 is 0 Å². The third-order valence-corrected chi connectivity index (χ3v) is 5.22. The Kier molecular flexibility index (Phi) is 6.13. The molecule has 0 atom stereocenters. The van der Waals surface area contributed by atoms with Gasteiger partial charge in [-0.3, -0.25) is 4.90 Å². The molecule has 2 heterocycles. The van der Waals surface area contributed by atoms with Gasteiger partial charge in [0.15, 0.2) is 0 Å². The fourth-order valence-electron chi connectivity index (χ4n) is 3.06. The Morgan fingerprint density at radius 3 is 2.39 bits per heavy atom. The van der Waals surface area contributed by atoms with Gasteiger partial charge in [-0.15, -0.1) is 11.8 Å². The van der Waals surface area contributed by atoms with E-state index in [1.165, 1.54) is 49.6 Å². The second kappa shape index (κ2) is 8.52. The summed E-state index contributed by atoms with van der Waals surface area (Å²) in [5.74, 6) is 0. The summed E-state index contributed by atoms with van der Waals surface area (Å²) in [4.78, 5) is 10.6. The average molecular weight is 331 g/mol.